The van der Waals surface area contributed by atoms with Gasteiger partial charge in [0.2, 0.25) is 4.96 Å². The van der Waals surface area contributed by atoms with Gasteiger partial charge in [0.05, 0.1) is 12.2 Å². The summed E-state index contributed by atoms with van der Waals surface area (Å²) >= 11 is 3.26. The summed E-state index contributed by atoms with van der Waals surface area (Å²) in [4.78, 5) is 18.7. The van der Waals surface area contributed by atoms with Crippen molar-refractivity contribution in [1.82, 2.24) is 14.6 Å². The maximum Gasteiger partial charge on any atom is 0.275 e. The van der Waals surface area contributed by atoms with Gasteiger partial charge in [0.25, 0.3) is 5.56 Å². The largest absolute Gasteiger partial charge is 0.378 e. The third-order valence-corrected chi connectivity index (χ3v) is 6.42. The van der Waals surface area contributed by atoms with E-state index in [1.807, 2.05) is 25.1 Å². The first-order valence-electron chi connectivity index (χ1n) is 9.11. The lowest BCUT2D eigenvalue weighted by Crippen LogP contribution is -2.16. The van der Waals surface area contributed by atoms with Crippen molar-refractivity contribution in [2.45, 2.75) is 30.5 Å². The molecule has 4 aromatic rings. The number of aryl methyl sites for hydroxylation is 1. The number of nitrogens with one attached hydrogen (secondary N) is 1. The molecule has 0 aliphatic heterocycles. The summed E-state index contributed by atoms with van der Waals surface area (Å²) in [6.45, 7) is 2.52. The van der Waals surface area contributed by atoms with Crippen molar-refractivity contribution in [3.63, 3.8) is 0 Å². The average molecular weight is 409 g/mol. The number of benzene rings is 2. The molecule has 0 saturated heterocycles. The molecule has 0 fully saturated rings. The maximum atomic E-state index is 12.3. The maximum absolute atomic E-state index is 12.3. The highest BCUT2D eigenvalue weighted by Gasteiger charge is 2.09. The van der Waals surface area contributed by atoms with Crippen LogP contribution in [0, 0.1) is 0 Å². The van der Waals surface area contributed by atoms with E-state index in [2.05, 4.69) is 51.8 Å². The van der Waals surface area contributed by atoms with Gasteiger partial charge in [0.1, 0.15) is 5.01 Å². The molecule has 0 bridgehead atoms. The Kier molecular flexibility index (Phi) is 5.73. The summed E-state index contributed by atoms with van der Waals surface area (Å²) in [6, 6.07) is 20.2. The summed E-state index contributed by atoms with van der Waals surface area (Å²) in [6.07, 6.45) is 0.799. The molecule has 4 rings (SSSR count). The van der Waals surface area contributed by atoms with Crippen molar-refractivity contribution in [2.75, 3.05) is 5.32 Å². The monoisotopic (exact) mass is 408 g/mol. The van der Waals surface area contributed by atoms with Crippen molar-refractivity contribution in [3.8, 4) is 0 Å². The standard InChI is InChI=1S/C21H20N4OS2/c1-2-19-24-25-20(26)12-16(23-21(25)28-19)13-22-17-10-6-7-11-18(17)27-14-15-8-4-3-5-9-15/h3-12,22H,2,13-14H2,1H3. The number of rotatable bonds is 7. The number of hydrogen-bond donors (Lipinski definition) is 1. The van der Waals surface area contributed by atoms with Crippen LogP contribution in [0.15, 0.2) is 70.4 Å². The Morgan fingerprint density at radius 3 is 2.71 bits per heavy atom. The third-order valence-electron chi connectivity index (χ3n) is 4.23. The molecule has 1 N–H and O–H groups in total. The molecular formula is C21H20N4OS2. The van der Waals surface area contributed by atoms with E-state index in [0.29, 0.717) is 11.5 Å². The number of nitrogens with zero attached hydrogens (tertiary/aromatic N) is 3. The van der Waals surface area contributed by atoms with E-state index in [4.69, 9.17) is 0 Å². The molecule has 0 atom stereocenters. The second-order valence-electron chi connectivity index (χ2n) is 6.25. The zero-order valence-corrected chi connectivity index (χ0v) is 17.1. The van der Waals surface area contributed by atoms with Gasteiger partial charge in [-0.2, -0.15) is 9.61 Å². The van der Waals surface area contributed by atoms with Gasteiger partial charge in [-0.3, -0.25) is 4.79 Å². The highest BCUT2D eigenvalue weighted by molar-refractivity contribution is 7.98. The van der Waals surface area contributed by atoms with Crippen molar-refractivity contribution in [3.05, 3.63) is 87.3 Å². The highest BCUT2D eigenvalue weighted by Crippen LogP contribution is 2.30. The second kappa shape index (κ2) is 8.58. The topological polar surface area (TPSA) is 59.3 Å². The van der Waals surface area contributed by atoms with E-state index in [0.717, 1.165) is 28.6 Å². The van der Waals surface area contributed by atoms with Crippen LogP contribution in [0.1, 0.15) is 23.2 Å². The van der Waals surface area contributed by atoms with Gasteiger partial charge >= 0.3 is 0 Å². The Hall–Kier alpha value is -2.64. The minimum Gasteiger partial charge on any atom is -0.378 e. The minimum atomic E-state index is -0.135. The first-order chi connectivity index (χ1) is 13.7. The van der Waals surface area contributed by atoms with Gasteiger partial charge in [-0.05, 0) is 24.1 Å². The zero-order chi connectivity index (χ0) is 19.3. The van der Waals surface area contributed by atoms with Gasteiger partial charge in [-0.25, -0.2) is 4.98 Å². The van der Waals surface area contributed by atoms with E-state index < -0.39 is 0 Å². The lowest BCUT2D eigenvalue weighted by molar-refractivity contribution is 0.846. The Bertz CT molecular complexity index is 1140. The summed E-state index contributed by atoms with van der Waals surface area (Å²) in [5, 5.41) is 8.64. The summed E-state index contributed by atoms with van der Waals surface area (Å²) < 4.78 is 1.39. The van der Waals surface area contributed by atoms with Gasteiger partial charge in [0.15, 0.2) is 0 Å². The molecule has 0 aliphatic carbocycles. The number of aromatic nitrogens is 3. The van der Waals surface area contributed by atoms with E-state index >= 15 is 0 Å². The van der Waals surface area contributed by atoms with Crippen LogP contribution in [0.25, 0.3) is 4.96 Å². The molecule has 2 aromatic heterocycles. The Labute approximate surface area is 171 Å². The van der Waals surface area contributed by atoms with Crippen LogP contribution in [0.5, 0.6) is 0 Å². The van der Waals surface area contributed by atoms with Crippen molar-refractivity contribution in [2.24, 2.45) is 0 Å². The van der Waals surface area contributed by atoms with E-state index in [9.17, 15) is 4.79 Å². The fourth-order valence-corrected chi connectivity index (χ4v) is 4.63. The normalized spacial score (nSPS) is 11.0. The fourth-order valence-electron chi connectivity index (χ4n) is 2.79. The first-order valence-corrected chi connectivity index (χ1v) is 10.9. The molecule has 0 unspecified atom stereocenters. The molecule has 0 radical (unpaired) electrons. The van der Waals surface area contributed by atoms with Gasteiger partial charge in [-0.15, -0.1) is 11.8 Å². The molecule has 28 heavy (non-hydrogen) atoms. The quantitative estimate of drug-likeness (QED) is 0.452. The third kappa shape index (κ3) is 4.26. The minimum absolute atomic E-state index is 0.135. The lowest BCUT2D eigenvalue weighted by Gasteiger charge is -2.11. The molecule has 142 valence electrons. The Morgan fingerprint density at radius 1 is 1.11 bits per heavy atom. The van der Waals surface area contributed by atoms with E-state index in [1.165, 1.54) is 26.3 Å². The van der Waals surface area contributed by atoms with Crippen molar-refractivity contribution < 1.29 is 0 Å². The van der Waals surface area contributed by atoms with Crippen LogP contribution in [-0.4, -0.2) is 14.6 Å². The Balaban J connectivity index is 1.49. The van der Waals surface area contributed by atoms with Gasteiger partial charge < -0.3 is 5.32 Å². The predicted octanol–water partition coefficient (Wildman–Crippen LogP) is 4.62. The second-order valence-corrected chi connectivity index (χ2v) is 8.31. The van der Waals surface area contributed by atoms with Crippen molar-refractivity contribution >= 4 is 33.7 Å². The van der Waals surface area contributed by atoms with Crippen LogP contribution in [0.3, 0.4) is 0 Å². The summed E-state index contributed by atoms with van der Waals surface area (Å²) in [5.74, 6) is 0.908. The van der Waals surface area contributed by atoms with Crippen LogP contribution in [0.2, 0.25) is 0 Å². The fraction of sp³-hybridized carbons (Fsp3) is 0.190. The van der Waals surface area contributed by atoms with E-state index in [-0.39, 0.29) is 5.56 Å². The summed E-state index contributed by atoms with van der Waals surface area (Å²) in [7, 11) is 0. The van der Waals surface area contributed by atoms with Gasteiger partial charge in [-0.1, -0.05) is 60.7 Å². The van der Waals surface area contributed by atoms with Gasteiger partial charge in [0, 0.05) is 22.4 Å². The average Bonchev–Trinajstić information content (AvgIpc) is 3.16. The predicted molar refractivity (Wildman–Crippen MR) is 116 cm³/mol. The van der Waals surface area contributed by atoms with Crippen LogP contribution in [-0.2, 0) is 18.7 Å². The number of hydrogen-bond acceptors (Lipinski definition) is 6. The van der Waals surface area contributed by atoms with Crippen LogP contribution < -0.4 is 10.9 Å². The highest BCUT2D eigenvalue weighted by atomic mass is 32.2. The molecule has 0 spiro atoms. The zero-order valence-electron chi connectivity index (χ0n) is 15.5. The number of anilines is 1. The smallest absolute Gasteiger partial charge is 0.275 e. The van der Waals surface area contributed by atoms with Crippen LogP contribution in [0.4, 0.5) is 5.69 Å². The molecule has 5 nitrogen and oxygen atoms in total. The SMILES string of the molecule is CCc1nn2c(=O)cc(CNc3ccccc3SCc3ccccc3)nc2s1. The van der Waals surface area contributed by atoms with Crippen molar-refractivity contribution in [1.29, 1.82) is 0 Å². The first kappa shape index (κ1) is 18.7. The molecule has 0 saturated carbocycles. The Morgan fingerprint density at radius 2 is 1.89 bits per heavy atom. The molecule has 0 aliphatic rings. The molecule has 2 heterocycles. The molecule has 7 heteroatoms. The lowest BCUT2D eigenvalue weighted by atomic mass is 10.2. The number of thioether (sulfide) groups is 1. The van der Waals surface area contributed by atoms with E-state index in [1.54, 1.807) is 17.8 Å². The molecular weight excluding hydrogens is 388 g/mol. The molecule has 0 amide bonds. The number of para-hydroxylation sites is 1. The summed E-state index contributed by atoms with van der Waals surface area (Å²) in [5.41, 5.74) is 2.92. The number of fused-ring (bicyclic) bond motifs is 1. The molecule has 2 aromatic carbocycles. The van der Waals surface area contributed by atoms with Crippen LogP contribution >= 0.6 is 23.1 Å².